The van der Waals surface area contributed by atoms with Crippen LogP contribution >= 0.6 is 0 Å². The standard InChI is InChI=1S/C25H24N2O4/c1-17(19-8-4-3-5-9-19)26-25(30)22-10-6-7-11-23(22)31-16-24(29)27-21-14-12-20(13-15-21)18(2)28/h3-15,17H,16H2,1-2H3,(H,26,30)(H,27,29). The molecule has 1 unspecified atom stereocenters. The van der Waals surface area contributed by atoms with Gasteiger partial charge in [0.05, 0.1) is 11.6 Å². The van der Waals surface area contributed by atoms with Crippen LogP contribution in [0.15, 0.2) is 78.9 Å². The summed E-state index contributed by atoms with van der Waals surface area (Å²) in [5, 5.41) is 5.65. The SMILES string of the molecule is CC(=O)c1ccc(NC(=O)COc2ccccc2C(=O)NC(C)c2ccccc2)cc1. The number of ether oxygens (including phenoxy) is 1. The molecule has 0 fully saturated rings. The number of anilines is 1. The summed E-state index contributed by atoms with van der Waals surface area (Å²) < 4.78 is 5.61. The van der Waals surface area contributed by atoms with Crippen LogP contribution in [0.1, 0.15) is 46.2 Å². The van der Waals surface area contributed by atoms with E-state index in [2.05, 4.69) is 10.6 Å². The molecule has 0 saturated carbocycles. The normalized spacial score (nSPS) is 11.3. The van der Waals surface area contributed by atoms with Gasteiger partial charge in [-0.1, -0.05) is 42.5 Å². The minimum Gasteiger partial charge on any atom is -0.483 e. The van der Waals surface area contributed by atoms with Crippen molar-refractivity contribution in [1.82, 2.24) is 5.32 Å². The van der Waals surface area contributed by atoms with Gasteiger partial charge in [0, 0.05) is 11.3 Å². The molecule has 1 atom stereocenters. The molecular formula is C25H24N2O4. The van der Waals surface area contributed by atoms with Gasteiger partial charge in [-0.05, 0) is 55.8 Å². The molecule has 3 rings (SSSR count). The Kier molecular flexibility index (Phi) is 7.17. The minimum absolute atomic E-state index is 0.0438. The summed E-state index contributed by atoms with van der Waals surface area (Å²) in [5.74, 6) is -0.379. The fourth-order valence-corrected chi connectivity index (χ4v) is 3.01. The van der Waals surface area contributed by atoms with E-state index in [9.17, 15) is 14.4 Å². The summed E-state index contributed by atoms with van der Waals surface area (Å²) in [5.41, 5.74) is 2.47. The number of benzene rings is 3. The Labute approximate surface area is 181 Å². The van der Waals surface area contributed by atoms with Crippen molar-refractivity contribution in [3.8, 4) is 5.75 Å². The molecule has 0 aliphatic heterocycles. The van der Waals surface area contributed by atoms with Gasteiger partial charge in [-0.25, -0.2) is 0 Å². The summed E-state index contributed by atoms with van der Waals surface area (Å²) in [7, 11) is 0. The van der Waals surface area contributed by atoms with Gasteiger partial charge in [-0.2, -0.15) is 0 Å². The van der Waals surface area contributed by atoms with Crippen LogP contribution in [0.25, 0.3) is 0 Å². The Bertz CT molecular complexity index is 1060. The van der Waals surface area contributed by atoms with Gasteiger partial charge in [-0.15, -0.1) is 0 Å². The first-order chi connectivity index (χ1) is 14.9. The molecule has 2 N–H and O–H groups in total. The molecule has 158 valence electrons. The number of amides is 2. The maximum absolute atomic E-state index is 12.8. The number of nitrogens with one attached hydrogen (secondary N) is 2. The molecule has 3 aromatic carbocycles. The van der Waals surface area contributed by atoms with Crippen molar-refractivity contribution < 1.29 is 19.1 Å². The van der Waals surface area contributed by atoms with Crippen molar-refractivity contribution in [2.45, 2.75) is 19.9 Å². The molecule has 0 bridgehead atoms. The number of para-hydroxylation sites is 1. The lowest BCUT2D eigenvalue weighted by atomic mass is 10.1. The van der Waals surface area contributed by atoms with Crippen molar-refractivity contribution in [2.24, 2.45) is 0 Å². The lowest BCUT2D eigenvalue weighted by Crippen LogP contribution is -2.27. The smallest absolute Gasteiger partial charge is 0.262 e. The van der Waals surface area contributed by atoms with Crippen LogP contribution in [0.4, 0.5) is 5.69 Å². The van der Waals surface area contributed by atoms with Crippen LogP contribution in [0, 0.1) is 0 Å². The summed E-state index contributed by atoms with van der Waals surface area (Å²) in [6.07, 6.45) is 0. The largest absolute Gasteiger partial charge is 0.483 e. The van der Waals surface area contributed by atoms with Crippen LogP contribution < -0.4 is 15.4 Å². The average molecular weight is 416 g/mol. The van der Waals surface area contributed by atoms with Crippen molar-refractivity contribution in [3.05, 3.63) is 95.6 Å². The first-order valence-corrected chi connectivity index (χ1v) is 9.92. The summed E-state index contributed by atoms with van der Waals surface area (Å²) >= 11 is 0. The number of hydrogen-bond donors (Lipinski definition) is 2. The summed E-state index contributed by atoms with van der Waals surface area (Å²) in [6, 6.07) is 22.9. The van der Waals surface area contributed by atoms with Crippen LogP contribution in [-0.2, 0) is 4.79 Å². The second kappa shape index (κ2) is 10.2. The molecule has 0 aromatic heterocycles. The van der Waals surface area contributed by atoms with Gasteiger partial charge in [0.15, 0.2) is 12.4 Å². The minimum atomic E-state index is -0.372. The molecule has 0 radical (unpaired) electrons. The number of Topliss-reactive ketones (excluding diaryl/α,β-unsaturated/α-hetero) is 1. The number of carbonyl (C=O) groups is 3. The molecule has 0 spiro atoms. The maximum atomic E-state index is 12.8. The van der Waals surface area contributed by atoms with Gasteiger partial charge < -0.3 is 15.4 Å². The van der Waals surface area contributed by atoms with E-state index in [1.165, 1.54) is 6.92 Å². The molecule has 2 amide bonds. The van der Waals surface area contributed by atoms with E-state index >= 15 is 0 Å². The highest BCUT2D eigenvalue weighted by atomic mass is 16.5. The molecule has 6 heteroatoms. The second-order valence-corrected chi connectivity index (χ2v) is 7.07. The predicted molar refractivity (Wildman–Crippen MR) is 119 cm³/mol. The van der Waals surface area contributed by atoms with Gasteiger partial charge in [0.2, 0.25) is 0 Å². The van der Waals surface area contributed by atoms with E-state index in [-0.39, 0.29) is 30.2 Å². The second-order valence-electron chi connectivity index (χ2n) is 7.07. The fourth-order valence-electron chi connectivity index (χ4n) is 3.01. The molecule has 0 saturated heterocycles. The van der Waals surface area contributed by atoms with Crippen molar-refractivity contribution in [2.75, 3.05) is 11.9 Å². The van der Waals surface area contributed by atoms with E-state index in [4.69, 9.17) is 4.74 Å². The average Bonchev–Trinajstić information content (AvgIpc) is 2.78. The van der Waals surface area contributed by atoms with E-state index in [0.717, 1.165) is 5.56 Å². The third-order valence-electron chi connectivity index (χ3n) is 4.71. The predicted octanol–water partition coefficient (Wildman–Crippen LogP) is 4.40. The summed E-state index contributed by atoms with van der Waals surface area (Å²) in [4.78, 5) is 36.3. The number of rotatable bonds is 8. The van der Waals surface area contributed by atoms with Crippen LogP contribution in [0.5, 0.6) is 5.75 Å². The maximum Gasteiger partial charge on any atom is 0.262 e. The molecule has 0 aliphatic carbocycles. The van der Waals surface area contributed by atoms with E-state index < -0.39 is 0 Å². The first kappa shape index (κ1) is 21.8. The number of hydrogen-bond acceptors (Lipinski definition) is 4. The number of ketones is 1. The van der Waals surface area contributed by atoms with Crippen molar-refractivity contribution >= 4 is 23.3 Å². The van der Waals surface area contributed by atoms with E-state index in [1.54, 1.807) is 48.5 Å². The molecule has 3 aromatic rings. The van der Waals surface area contributed by atoms with Gasteiger partial charge in [0.25, 0.3) is 11.8 Å². The third kappa shape index (κ3) is 6.02. The zero-order valence-corrected chi connectivity index (χ0v) is 17.4. The zero-order valence-electron chi connectivity index (χ0n) is 17.4. The zero-order chi connectivity index (χ0) is 22.2. The third-order valence-corrected chi connectivity index (χ3v) is 4.71. The highest BCUT2D eigenvalue weighted by Crippen LogP contribution is 2.20. The quantitative estimate of drug-likeness (QED) is 0.533. The molecular weight excluding hydrogens is 392 g/mol. The topological polar surface area (TPSA) is 84.5 Å². The van der Waals surface area contributed by atoms with Gasteiger partial charge >= 0.3 is 0 Å². The van der Waals surface area contributed by atoms with Crippen molar-refractivity contribution in [3.63, 3.8) is 0 Å². The molecule has 0 heterocycles. The Hall–Kier alpha value is -3.93. The monoisotopic (exact) mass is 416 g/mol. The molecule has 0 aliphatic rings. The molecule has 6 nitrogen and oxygen atoms in total. The first-order valence-electron chi connectivity index (χ1n) is 9.92. The summed E-state index contributed by atoms with van der Waals surface area (Å²) in [6.45, 7) is 3.13. The Morgan fingerprint density at radius 2 is 1.52 bits per heavy atom. The van der Waals surface area contributed by atoms with Crippen LogP contribution in [0.2, 0.25) is 0 Å². The Morgan fingerprint density at radius 1 is 0.871 bits per heavy atom. The highest BCUT2D eigenvalue weighted by molar-refractivity contribution is 5.98. The van der Waals surface area contributed by atoms with Crippen LogP contribution in [-0.4, -0.2) is 24.2 Å². The lowest BCUT2D eigenvalue weighted by Gasteiger charge is -2.16. The van der Waals surface area contributed by atoms with Gasteiger partial charge in [-0.3, -0.25) is 14.4 Å². The van der Waals surface area contributed by atoms with E-state index in [1.807, 2.05) is 37.3 Å². The Morgan fingerprint density at radius 3 is 2.19 bits per heavy atom. The highest BCUT2D eigenvalue weighted by Gasteiger charge is 2.16. The van der Waals surface area contributed by atoms with Gasteiger partial charge in [0.1, 0.15) is 5.75 Å². The molecule has 31 heavy (non-hydrogen) atoms. The number of carbonyl (C=O) groups excluding carboxylic acids is 3. The fraction of sp³-hybridized carbons (Fsp3) is 0.160. The van der Waals surface area contributed by atoms with Crippen LogP contribution in [0.3, 0.4) is 0 Å². The van der Waals surface area contributed by atoms with Crippen molar-refractivity contribution in [1.29, 1.82) is 0 Å². The lowest BCUT2D eigenvalue weighted by molar-refractivity contribution is -0.118. The Balaban J connectivity index is 1.60. The van der Waals surface area contributed by atoms with E-state index in [0.29, 0.717) is 22.6 Å².